The third kappa shape index (κ3) is 3.35. The van der Waals surface area contributed by atoms with Crippen molar-refractivity contribution in [1.82, 2.24) is 4.98 Å². The highest BCUT2D eigenvalue weighted by molar-refractivity contribution is 9.10. The summed E-state index contributed by atoms with van der Waals surface area (Å²) in [6.07, 6.45) is 1.51. The number of nitrogens with one attached hydrogen (secondary N) is 1. The summed E-state index contributed by atoms with van der Waals surface area (Å²) in [7, 11) is 0. The minimum absolute atomic E-state index is 0.0235. The Morgan fingerprint density at radius 3 is 2.53 bits per heavy atom. The maximum Gasteiger partial charge on any atom is 0.269 e. The number of nitrogens with zero attached hydrogens (tertiary/aromatic N) is 2. The number of aromatic nitrogens is 1. The van der Waals surface area contributed by atoms with Gasteiger partial charge in [-0.3, -0.25) is 14.9 Å². The van der Waals surface area contributed by atoms with Crippen molar-refractivity contribution in [2.24, 2.45) is 0 Å². The van der Waals surface area contributed by atoms with Gasteiger partial charge in [-0.05, 0) is 40.2 Å². The highest BCUT2D eigenvalue weighted by atomic mass is 79.9. The molecule has 1 aromatic heterocycles. The van der Waals surface area contributed by atoms with Gasteiger partial charge in [-0.1, -0.05) is 0 Å². The monoisotopic (exact) mass is 321 g/mol. The first-order valence-electron chi connectivity index (χ1n) is 5.23. The van der Waals surface area contributed by atoms with Crippen LogP contribution in [0.5, 0.6) is 0 Å². The van der Waals surface area contributed by atoms with Gasteiger partial charge >= 0.3 is 0 Å². The standard InChI is InChI=1S/C12H8BrN3O3/c13-11-7-8(5-6-14-11)12(17)15-9-1-3-10(4-2-9)16(18)19/h1-7H,(H,15,17). The van der Waals surface area contributed by atoms with Crippen LogP contribution in [-0.2, 0) is 0 Å². The molecule has 2 aromatic rings. The molecule has 0 saturated carbocycles. The number of nitro groups is 1. The Bertz CT molecular complexity index is 628. The molecule has 0 radical (unpaired) electrons. The molecular weight excluding hydrogens is 314 g/mol. The predicted octanol–water partition coefficient (Wildman–Crippen LogP) is 3.00. The van der Waals surface area contributed by atoms with Crippen LogP contribution in [0.1, 0.15) is 10.4 Å². The number of hydrogen-bond donors (Lipinski definition) is 1. The van der Waals surface area contributed by atoms with Gasteiger partial charge in [0.1, 0.15) is 4.60 Å². The topological polar surface area (TPSA) is 85.1 Å². The molecule has 19 heavy (non-hydrogen) atoms. The lowest BCUT2D eigenvalue weighted by Gasteiger charge is -2.04. The molecule has 1 heterocycles. The number of carbonyl (C=O) groups is 1. The van der Waals surface area contributed by atoms with E-state index in [-0.39, 0.29) is 11.6 Å². The molecule has 0 atom stereocenters. The second-order valence-electron chi connectivity index (χ2n) is 3.63. The van der Waals surface area contributed by atoms with Crippen LogP contribution in [0.15, 0.2) is 47.2 Å². The normalized spacial score (nSPS) is 9.95. The molecule has 0 aliphatic carbocycles. The fourth-order valence-electron chi connectivity index (χ4n) is 1.41. The molecule has 1 aromatic carbocycles. The van der Waals surface area contributed by atoms with E-state index in [0.717, 1.165) is 0 Å². The van der Waals surface area contributed by atoms with Crippen LogP contribution >= 0.6 is 15.9 Å². The van der Waals surface area contributed by atoms with Gasteiger partial charge in [-0.2, -0.15) is 0 Å². The summed E-state index contributed by atoms with van der Waals surface area (Å²) in [5.41, 5.74) is 0.911. The van der Waals surface area contributed by atoms with Gasteiger partial charge in [0.2, 0.25) is 0 Å². The van der Waals surface area contributed by atoms with Crippen molar-refractivity contribution < 1.29 is 9.72 Å². The van der Waals surface area contributed by atoms with Crippen molar-refractivity contribution in [3.63, 3.8) is 0 Å². The Morgan fingerprint density at radius 2 is 1.95 bits per heavy atom. The molecule has 1 N–H and O–H groups in total. The molecule has 0 unspecified atom stereocenters. The second kappa shape index (κ2) is 5.57. The van der Waals surface area contributed by atoms with Crippen LogP contribution in [0.2, 0.25) is 0 Å². The number of halogens is 1. The number of anilines is 1. The molecule has 1 amide bonds. The van der Waals surface area contributed by atoms with Crippen molar-refractivity contribution in [2.45, 2.75) is 0 Å². The van der Waals surface area contributed by atoms with Crippen LogP contribution in [0.3, 0.4) is 0 Å². The van der Waals surface area contributed by atoms with Gasteiger partial charge in [-0.25, -0.2) is 4.98 Å². The molecule has 0 spiro atoms. The SMILES string of the molecule is O=C(Nc1ccc([N+](=O)[O-])cc1)c1ccnc(Br)c1. The first-order chi connectivity index (χ1) is 9.06. The molecule has 0 aliphatic rings. The lowest BCUT2D eigenvalue weighted by Crippen LogP contribution is -2.11. The summed E-state index contributed by atoms with van der Waals surface area (Å²) in [5, 5.41) is 13.1. The number of carbonyl (C=O) groups excluding carboxylic acids is 1. The maximum absolute atomic E-state index is 11.9. The first kappa shape index (κ1) is 13.2. The Morgan fingerprint density at radius 1 is 1.26 bits per heavy atom. The molecule has 6 nitrogen and oxygen atoms in total. The molecule has 96 valence electrons. The summed E-state index contributed by atoms with van der Waals surface area (Å²) in [5.74, 6) is -0.308. The Balaban J connectivity index is 2.13. The number of benzene rings is 1. The number of pyridine rings is 1. The zero-order chi connectivity index (χ0) is 13.8. The summed E-state index contributed by atoms with van der Waals surface area (Å²) in [6.45, 7) is 0. The van der Waals surface area contributed by atoms with E-state index in [1.54, 1.807) is 12.1 Å². The van der Waals surface area contributed by atoms with Crippen molar-refractivity contribution in [3.05, 3.63) is 62.9 Å². The quantitative estimate of drug-likeness (QED) is 0.535. The number of non-ortho nitro benzene ring substituents is 1. The van der Waals surface area contributed by atoms with E-state index >= 15 is 0 Å². The minimum Gasteiger partial charge on any atom is -0.322 e. The van der Waals surface area contributed by atoms with E-state index in [2.05, 4.69) is 26.2 Å². The van der Waals surface area contributed by atoms with Gasteiger partial charge in [-0.15, -0.1) is 0 Å². The van der Waals surface area contributed by atoms with Crippen LogP contribution in [-0.4, -0.2) is 15.8 Å². The highest BCUT2D eigenvalue weighted by Crippen LogP contribution is 2.16. The Kier molecular flexibility index (Phi) is 3.86. The smallest absolute Gasteiger partial charge is 0.269 e. The van der Waals surface area contributed by atoms with Crippen LogP contribution in [0, 0.1) is 10.1 Å². The van der Waals surface area contributed by atoms with Gasteiger partial charge in [0.05, 0.1) is 4.92 Å². The van der Waals surface area contributed by atoms with E-state index in [0.29, 0.717) is 15.9 Å². The second-order valence-corrected chi connectivity index (χ2v) is 4.44. The van der Waals surface area contributed by atoms with Gasteiger partial charge in [0, 0.05) is 29.6 Å². The Labute approximate surface area is 116 Å². The average Bonchev–Trinajstić information content (AvgIpc) is 2.39. The maximum atomic E-state index is 11.9. The van der Waals surface area contributed by atoms with Crippen molar-refractivity contribution in [2.75, 3.05) is 5.32 Å². The lowest BCUT2D eigenvalue weighted by atomic mass is 10.2. The van der Waals surface area contributed by atoms with Crippen LogP contribution in [0.25, 0.3) is 0 Å². The van der Waals surface area contributed by atoms with Crippen molar-refractivity contribution in [3.8, 4) is 0 Å². The van der Waals surface area contributed by atoms with E-state index < -0.39 is 4.92 Å². The molecule has 7 heteroatoms. The largest absolute Gasteiger partial charge is 0.322 e. The molecule has 2 rings (SSSR count). The van der Waals surface area contributed by atoms with E-state index in [4.69, 9.17) is 0 Å². The molecular formula is C12H8BrN3O3. The van der Waals surface area contributed by atoms with Gasteiger partial charge in [0.15, 0.2) is 0 Å². The van der Waals surface area contributed by atoms with E-state index in [1.807, 2.05) is 0 Å². The minimum atomic E-state index is -0.494. The molecule has 0 saturated heterocycles. The third-order valence-electron chi connectivity index (χ3n) is 2.32. The van der Waals surface area contributed by atoms with E-state index in [1.165, 1.54) is 30.5 Å². The summed E-state index contributed by atoms with van der Waals surface area (Å²) in [4.78, 5) is 25.8. The molecule has 0 fully saturated rings. The predicted molar refractivity (Wildman–Crippen MR) is 73.0 cm³/mol. The Hall–Kier alpha value is -2.28. The number of amides is 1. The zero-order valence-electron chi connectivity index (χ0n) is 9.54. The van der Waals surface area contributed by atoms with Crippen molar-refractivity contribution >= 4 is 33.2 Å². The van der Waals surface area contributed by atoms with E-state index in [9.17, 15) is 14.9 Å². The molecule has 0 bridgehead atoms. The summed E-state index contributed by atoms with van der Waals surface area (Å²) in [6, 6.07) is 8.78. The van der Waals surface area contributed by atoms with Crippen molar-refractivity contribution in [1.29, 1.82) is 0 Å². The number of hydrogen-bond acceptors (Lipinski definition) is 4. The first-order valence-corrected chi connectivity index (χ1v) is 6.03. The third-order valence-corrected chi connectivity index (χ3v) is 2.76. The lowest BCUT2D eigenvalue weighted by molar-refractivity contribution is -0.384. The summed E-state index contributed by atoms with van der Waals surface area (Å²) >= 11 is 3.18. The molecule has 0 aliphatic heterocycles. The fraction of sp³-hybridized carbons (Fsp3) is 0. The van der Waals surface area contributed by atoms with Crippen LogP contribution in [0.4, 0.5) is 11.4 Å². The number of rotatable bonds is 3. The zero-order valence-corrected chi connectivity index (χ0v) is 11.1. The average molecular weight is 322 g/mol. The van der Waals surface area contributed by atoms with Crippen LogP contribution < -0.4 is 5.32 Å². The highest BCUT2D eigenvalue weighted by Gasteiger charge is 2.08. The number of nitro benzene ring substituents is 1. The fourth-order valence-corrected chi connectivity index (χ4v) is 1.78. The van der Waals surface area contributed by atoms with Gasteiger partial charge < -0.3 is 5.32 Å². The van der Waals surface area contributed by atoms with Gasteiger partial charge in [0.25, 0.3) is 11.6 Å². The summed E-state index contributed by atoms with van der Waals surface area (Å²) < 4.78 is 0.559.